The van der Waals surface area contributed by atoms with Crippen LogP contribution in [0.5, 0.6) is 0 Å². The molecule has 4 saturated carbocycles. The molecule has 0 unspecified atom stereocenters. The molecule has 4 bridgehead atoms. The molecule has 126 valence electrons. The van der Waals surface area contributed by atoms with Crippen molar-refractivity contribution < 1.29 is 4.42 Å². The van der Waals surface area contributed by atoms with Crippen molar-refractivity contribution in [2.24, 2.45) is 17.8 Å². The summed E-state index contributed by atoms with van der Waals surface area (Å²) in [6, 6.07) is 10.2. The molecule has 4 fully saturated rings. The number of thioether (sulfide) groups is 1. The minimum Gasteiger partial charge on any atom is -0.415 e. The van der Waals surface area contributed by atoms with Crippen molar-refractivity contribution in [2.75, 3.05) is 11.2 Å². The molecular weight excluding hydrogens is 318 g/mol. The van der Waals surface area contributed by atoms with Crippen LogP contribution in [0.2, 0.25) is 0 Å². The summed E-state index contributed by atoms with van der Waals surface area (Å²) in [4.78, 5) is 0. The van der Waals surface area contributed by atoms with E-state index in [1.165, 1.54) is 38.5 Å². The Labute approximate surface area is 146 Å². The third-order valence-electron chi connectivity index (χ3n) is 6.14. The normalized spacial score (nSPS) is 33.8. The Hall–Kier alpha value is -1.49. The van der Waals surface area contributed by atoms with Gasteiger partial charge in [-0.1, -0.05) is 18.2 Å². The van der Waals surface area contributed by atoms with Gasteiger partial charge in [0.1, 0.15) is 0 Å². The Morgan fingerprint density at radius 1 is 1.00 bits per heavy atom. The van der Waals surface area contributed by atoms with Crippen LogP contribution in [0.25, 0.3) is 0 Å². The first-order chi connectivity index (χ1) is 11.8. The number of anilines is 1. The summed E-state index contributed by atoms with van der Waals surface area (Å²) in [7, 11) is 0. The standard InChI is InChI=1S/C19H23N3OS/c1-2-4-16(5-3-1)20-12-24-18-22-21-17(23-18)19-9-13-6-14(10-19)8-15(7-13)11-19/h1-5,13-15,20H,6-12H2. The lowest BCUT2D eigenvalue weighted by atomic mass is 9.49. The van der Waals surface area contributed by atoms with Gasteiger partial charge in [0.05, 0.1) is 5.88 Å². The van der Waals surface area contributed by atoms with E-state index in [1.807, 2.05) is 18.2 Å². The monoisotopic (exact) mass is 341 g/mol. The Morgan fingerprint density at radius 2 is 1.67 bits per heavy atom. The van der Waals surface area contributed by atoms with Crippen LogP contribution in [0, 0.1) is 17.8 Å². The highest BCUT2D eigenvalue weighted by molar-refractivity contribution is 7.99. The zero-order valence-corrected chi connectivity index (χ0v) is 14.6. The fraction of sp³-hybridized carbons (Fsp3) is 0.579. The lowest BCUT2D eigenvalue weighted by molar-refractivity contribution is -0.0191. The molecule has 5 heteroatoms. The van der Waals surface area contributed by atoms with Gasteiger partial charge in [0, 0.05) is 11.1 Å². The quantitative estimate of drug-likeness (QED) is 0.631. The third-order valence-corrected chi connectivity index (χ3v) is 6.84. The van der Waals surface area contributed by atoms with Gasteiger partial charge in [-0.25, -0.2) is 0 Å². The number of rotatable bonds is 5. The predicted octanol–water partition coefficient (Wildman–Crippen LogP) is 4.70. The minimum atomic E-state index is 0.202. The van der Waals surface area contributed by atoms with Crippen LogP contribution in [-0.4, -0.2) is 16.1 Å². The molecule has 0 spiro atoms. The van der Waals surface area contributed by atoms with Gasteiger partial charge in [-0.05, 0) is 80.2 Å². The van der Waals surface area contributed by atoms with Crippen LogP contribution in [0.3, 0.4) is 0 Å². The molecule has 1 aromatic carbocycles. The van der Waals surface area contributed by atoms with Gasteiger partial charge < -0.3 is 9.73 Å². The Morgan fingerprint density at radius 3 is 2.33 bits per heavy atom. The first-order valence-electron chi connectivity index (χ1n) is 9.05. The molecule has 0 radical (unpaired) electrons. The van der Waals surface area contributed by atoms with Crippen LogP contribution in [0.15, 0.2) is 40.0 Å². The van der Waals surface area contributed by atoms with Crippen molar-refractivity contribution in [2.45, 2.75) is 49.2 Å². The molecule has 4 nitrogen and oxygen atoms in total. The largest absolute Gasteiger partial charge is 0.415 e. The van der Waals surface area contributed by atoms with Crippen LogP contribution in [0.1, 0.15) is 44.4 Å². The number of nitrogens with one attached hydrogen (secondary N) is 1. The van der Waals surface area contributed by atoms with E-state index in [1.54, 1.807) is 11.8 Å². The van der Waals surface area contributed by atoms with Gasteiger partial charge in [0.25, 0.3) is 5.22 Å². The van der Waals surface area contributed by atoms with Crippen molar-refractivity contribution >= 4 is 17.4 Å². The fourth-order valence-electron chi connectivity index (χ4n) is 5.59. The summed E-state index contributed by atoms with van der Waals surface area (Å²) in [5.74, 6) is 4.37. The zero-order chi connectivity index (χ0) is 16.0. The molecule has 6 rings (SSSR count). The highest BCUT2D eigenvalue weighted by Gasteiger charge is 2.54. The topological polar surface area (TPSA) is 51.0 Å². The van der Waals surface area contributed by atoms with E-state index >= 15 is 0 Å². The van der Waals surface area contributed by atoms with E-state index in [-0.39, 0.29) is 5.41 Å². The van der Waals surface area contributed by atoms with Gasteiger partial charge >= 0.3 is 0 Å². The summed E-state index contributed by atoms with van der Waals surface area (Å²) in [6.07, 6.45) is 8.14. The Kier molecular flexibility index (Phi) is 3.58. The van der Waals surface area contributed by atoms with Crippen molar-refractivity contribution in [1.82, 2.24) is 10.2 Å². The number of hydrogen-bond acceptors (Lipinski definition) is 5. The van der Waals surface area contributed by atoms with E-state index in [0.29, 0.717) is 5.22 Å². The SMILES string of the molecule is c1ccc(NCSc2nnc(C34CC5CC(CC(C5)C3)C4)o2)cc1. The second-order valence-corrected chi connectivity index (χ2v) is 8.83. The summed E-state index contributed by atoms with van der Waals surface area (Å²) < 4.78 is 6.11. The molecule has 24 heavy (non-hydrogen) atoms. The fourth-order valence-corrected chi connectivity index (χ4v) is 6.19. The lowest BCUT2D eigenvalue weighted by Crippen LogP contribution is -2.48. The average molecular weight is 341 g/mol. The summed E-state index contributed by atoms with van der Waals surface area (Å²) in [6.45, 7) is 0. The maximum absolute atomic E-state index is 6.11. The van der Waals surface area contributed by atoms with E-state index in [2.05, 4.69) is 27.6 Å². The molecule has 1 aromatic heterocycles. The molecule has 0 atom stereocenters. The number of aromatic nitrogens is 2. The number of nitrogens with zero attached hydrogens (tertiary/aromatic N) is 2. The molecule has 1 N–H and O–H groups in total. The van der Waals surface area contributed by atoms with Crippen LogP contribution in [-0.2, 0) is 5.41 Å². The number of hydrogen-bond donors (Lipinski definition) is 1. The molecule has 1 heterocycles. The van der Waals surface area contributed by atoms with E-state index in [4.69, 9.17) is 4.42 Å². The van der Waals surface area contributed by atoms with Gasteiger partial charge in [-0.3, -0.25) is 0 Å². The first kappa shape index (κ1) is 14.8. The summed E-state index contributed by atoms with van der Waals surface area (Å²) >= 11 is 1.59. The molecular formula is C19H23N3OS. The first-order valence-corrected chi connectivity index (χ1v) is 10.0. The van der Waals surface area contributed by atoms with E-state index in [9.17, 15) is 0 Å². The molecule has 4 aliphatic rings. The highest BCUT2D eigenvalue weighted by Crippen LogP contribution is 2.60. The third kappa shape index (κ3) is 2.63. The van der Waals surface area contributed by atoms with Gasteiger partial charge in [-0.15, -0.1) is 10.2 Å². The van der Waals surface area contributed by atoms with Gasteiger partial charge in [-0.2, -0.15) is 0 Å². The van der Waals surface area contributed by atoms with Crippen molar-refractivity contribution in [3.05, 3.63) is 36.2 Å². The van der Waals surface area contributed by atoms with Crippen molar-refractivity contribution in [3.8, 4) is 0 Å². The zero-order valence-electron chi connectivity index (χ0n) is 13.8. The van der Waals surface area contributed by atoms with Crippen molar-refractivity contribution in [1.29, 1.82) is 0 Å². The maximum atomic E-state index is 6.11. The molecule has 2 aromatic rings. The highest BCUT2D eigenvalue weighted by atomic mass is 32.2. The maximum Gasteiger partial charge on any atom is 0.278 e. The molecule has 0 aliphatic heterocycles. The number of benzene rings is 1. The molecule has 0 amide bonds. The Balaban J connectivity index is 1.26. The van der Waals surface area contributed by atoms with Crippen molar-refractivity contribution in [3.63, 3.8) is 0 Å². The summed E-state index contributed by atoms with van der Waals surface area (Å²) in [5.41, 5.74) is 1.32. The Bertz CT molecular complexity index is 679. The summed E-state index contributed by atoms with van der Waals surface area (Å²) in [5, 5.41) is 12.8. The number of para-hydroxylation sites is 1. The van der Waals surface area contributed by atoms with Crippen LogP contribution in [0.4, 0.5) is 5.69 Å². The smallest absolute Gasteiger partial charge is 0.278 e. The van der Waals surface area contributed by atoms with E-state index < -0.39 is 0 Å². The second kappa shape index (κ2) is 5.80. The predicted molar refractivity (Wildman–Crippen MR) is 94.9 cm³/mol. The van der Waals surface area contributed by atoms with Crippen LogP contribution >= 0.6 is 11.8 Å². The average Bonchev–Trinajstić information content (AvgIpc) is 3.04. The second-order valence-electron chi connectivity index (χ2n) is 7.90. The van der Waals surface area contributed by atoms with E-state index in [0.717, 1.165) is 35.2 Å². The van der Waals surface area contributed by atoms with Gasteiger partial charge in [0.15, 0.2) is 0 Å². The molecule has 4 aliphatic carbocycles. The molecule has 0 saturated heterocycles. The van der Waals surface area contributed by atoms with Gasteiger partial charge in [0.2, 0.25) is 5.89 Å². The lowest BCUT2D eigenvalue weighted by Gasteiger charge is -2.55. The van der Waals surface area contributed by atoms with Crippen LogP contribution < -0.4 is 5.32 Å². The minimum absolute atomic E-state index is 0.202.